The number of alkyl carbamates (subject to hydrolysis) is 2. The zero-order valence-corrected chi connectivity index (χ0v) is 34.2. The number of benzene rings is 2. The fourth-order valence-electron chi connectivity index (χ4n) is 7.38. The van der Waals surface area contributed by atoms with E-state index in [4.69, 9.17) is 9.47 Å². The largest absolute Gasteiger partial charge is 0.453 e. The van der Waals surface area contributed by atoms with E-state index in [0.717, 1.165) is 71.0 Å². The molecular weight excluding hydrogens is 759 g/mol. The van der Waals surface area contributed by atoms with Crippen molar-refractivity contribution < 1.29 is 28.7 Å². The number of H-pyrrole nitrogens is 2. The number of aromatic amines is 2. The first kappa shape index (κ1) is 43.6. The van der Waals surface area contributed by atoms with Gasteiger partial charge in [0, 0.05) is 13.1 Å². The number of carbonyl (C=O) groups is 4. The molecular formula is C40H52Cl2N8O6. The minimum atomic E-state index is -0.687. The summed E-state index contributed by atoms with van der Waals surface area (Å²) in [6.45, 7) is 8.78. The van der Waals surface area contributed by atoms with Crippen LogP contribution in [0.25, 0.3) is 33.6 Å². The number of carbonyl (C=O) groups excluding carboxylic acids is 4. The van der Waals surface area contributed by atoms with E-state index in [0.29, 0.717) is 13.1 Å². The fraction of sp³-hybridized carbons (Fsp3) is 0.450. The van der Waals surface area contributed by atoms with Crippen LogP contribution < -0.4 is 10.6 Å². The van der Waals surface area contributed by atoms with Crippen LogP contribution in [0.4, 0.5) is 9.59 Å². The number of likely N-dealkylation sites (tertiary alicyclic amines) is 2. The second-order valence-corrected chi connectivity index (χ2v) is 14.6. The lowest BCUT2D eigenvalue weighted by molar-refractivity contribution is -0.136. The molecule has 4 unspecified atom stereocenters. The minimum absolute atomic E-state index is 0. The highest BCUT2D eigenvalue weighted by Gasteiger charge is 2.39. The van der Waals surface area contributed by atoms with Crippen molar-refractivity contribution in [1.82, 2.24) is 40.4 Å². The minimum Gasteiger partial charge on any atom is -0.453 e. The maximum Gasteiger partial charge on any atom is 0.407 e. The van der Waals surface area contributed by atoms with Crippen LogP contribution in [0.15, 0.2) is 60.9 Å². The van der Waals surface area contributed by atoms with Gasteiger partial charge in [-0.2, -0.15) is 0 Å². The summed E-state index contributed by atoms with van der Waals surface area (Å²) < 4.78 is 9.50. The number of ether oxygens (including phenoxy) is 2. The number of imidazole rings is 2. The molecule has 4 heterocycles. The number of aromatic nitrogens is 4. The summed E-state index contributed by atoms with van der Waals surface area (Å²) in [5.74, 6) is 0.955. The molecule has 4 aromatic rings. The number of hydrogen-bond acceptors (Lipinski definition) is 8. The number of nitrogens with zero attached hydrogens (tertiary/aromatic N) is 4. The Morgan fingerprint density at radius 2 is 0.964 bits per heavy atom. The van der Waals surface area contributed by atoms with E-state index in [1.807, 2.05) is 52.0 Å². The normalized spacial score (nSPS) is 17.5. The molecule has 56 heavy (non-hydrogen) atoms. The van der Waals surface area contributed by atoms with Gasteiger partial charge in [0.05, 0.1) is 50.1 Å². The van der Waals surface area contributed by atoms with E-state index < -0.39 is 24.3 Å². The number of halogens is 2. The van der Waals surface area contributed by atoms with Crippen molar-refractivity contribution in [2.75, 3.05) is 27.3 Å². The molecule has 4 N–H and O–H groups in total. The van der Waals surface area contributed by atoms with Crippen LogP contribution in [-0.4, -0.2) is 93.1 Å². The number of hydrogen-bond donors (Lipinski definition) is 4. The Bertz CT molecular complexity index is 1810. The third-order valence-corrected chi connectivity index (χ3v) is 10.4. The van der Waals surface area contributed by atoms with Crippen LogP contribution in [0.5, 0.6) is 0 Å². The molecule has 2 aromatic carbocycles. The highest BCUT2D eigenvalue weighted by Crippen LogP contribution is 2.35. The summed E-state index contributed by atoms with van der Waals surface area (Å²) in [4.78, 5) is 70.7. The van der Waals surface area contributed by atoms with Crippen LogP contribution >= 0.6 is 24.8 Å². The summed E-state index contributed by atoms with van der Waals surface area (Å²) in [5, 5.41) is 5.38. The van der Waals surface area contributed by atoms with Gasteiger partial charge in [0.25, 0.3) is 0 Å². The first-order valence-electron chi connectivity index (χ1n) is 18.6. The quantitative estimate of drug-likeness (QED) is 0.125. The first-order valence-corrected chi connectivity index (χ1v) is 18.6. The summed E-state index contributed by atoms with van der Waals surface area (Å²) in [5.41, 5.74) is 5.78. The Morgan fingerprint density at radius 1 is 0.625 bits per heavy atom. The standard InChI is InChI=1S/C40H50N8O6.2ClH/c1-23(2)33(45-39(51)53-5)37(49)47-19-7-9-31(47)35-41-21-29(43-35)27-15-11-25(12-16-27)26-13-17-28(18-14-26)30-22-42-36(44-30)32-10-8-20-48(32)38(50)34(24(3)4)46-40(52)54-6;;/h11-18,21-24,31-34H,7-10,19-20H2,1-6H3,(H,41,43)(H,42,44)(H,45,51)(H,46,52);2*1H. The van der Waals surface area contributed by atoms with Crippen molar-refractivity contribution in [3.8, 4) is 33.6 Å². The van der Waals surface area contributed by atoms with Gasteiger partial charge >= 0.3 is 12.2 Å². The molecule has 0 bridgehead atoms. The number of nitrogens with one attached hydrogen (secondary N) is 4. The van der Waals surface area contributed by atoms with Crippen molar-refractivity contribution in [3.63, 3.8) is 0 Å². The Labute approximate surface area is 339 Å². The van der Waals surface area contributed by atoms with E-state index in [-0.39, 0.29) is 60.5 Å². The SMILES string of the molecule is COC(=O)NC(C(=O)N1CCCC1c1ncc(-c2ccc(-c3ccc(-c4cnc(C5CCCN5C(=O)C(NC(=O)OC)C(C)C)[nH]4)cc3)cc2)[nH]1)C(C)C.Cl.Cl. The molecule has 2 aliphatic rings. The van der Waals surface area contributed by atoms with Gasteiger partial charge in [0.1, 0.15) is 23.7 Å². The van der Waals surface area contributed by atoms with Gasteiger partial charge in [0.2, 0.25) is 11.8 Å². The third-order valence-electron chi connectivity index (χ3n) is 10.4. The van der Waals surface area contributed by atoms with Crippen molar-refractivity contribution in [2.24, 2.45) is 11.8 Å². The van der Waals surface area contributed by atoms with Crippen LogP contribution in [0.1, 0.15) is 77.1 Å². The van der Waals surface area contributed by atoms with Crippen LogP contribution in [0.3, 0.4) is 0 Å². The maximum absolute atomic E-state index is 13.5. The summed E-state index contributed by atoms with van der Waals surface area (Å²) in [6, 6.07) is 14.7. The van der Waals surface area contributed by atoms with Crippen molar-refractivity contribution >= 4 is 48.8 Å². The third kappa shape index (κ3) is 9.47. The average molecular weight is 812 g/mol. The van der Waals surface area contributed by atoms with E-state index in [2.05, 4.69) is 54.8 Å². The van der Waals surface area contributed by atoms with Gasteiger partial charge in [-0.15, -0.1) is 24.8 Å². The molecule has 2 saturated heterocycles. The number of rotatable bonds is 11. The highest BCUT2D eigenvalue weighted by atomic mass is 35.5. The predicted octanol–water partition coefficient (Wildman–Crippen LogP) is 7.07. The highest BCUT2D eigenvalue weighted by molar-refractivity contribution is 5.87. The van der Waals surface area contributed by atoms with E-state index in [1.165, 1.54) is 14.2 Å². The van der Waals surface area contributed by atoms with Crippen LogP contribution in [0.2, 0.25) is 0 Å². The average Bonchev–Trinajstić information content (AvgIpc) is 4.02. The molecule has 6 rings (SSSR count). The number of methoxy groups -OCH3 is 2. The lowest BCUT2D eigenvalue weighted by Gasteiger charge is -2.30. The monoisotopic (exact) mass is 810 g/mol. The molecule has 2 aromatic heterocycles. The summed E-state index contributed by atoms with van der Waals surface area (Å²) in [6.07, 6.45) is 5.61. The van der Waals surface area contributed by atoms with E-state index in [1.54, 1.807) is 22.2 Å². The molecule has 14 nitrogen and oxygen atoms in total. The Kier molecular flexibility index (Phi) is 14.9. The molecule has 0 saturated carbocycles. The molecule has 4 amide bonds. The molecule has 4 atom stereocenters. The van der Waals surface area contributed by atoms with Gasteiger partial charge in [-0.3, -0.25) is 9.59 Å². The summed E-state index contributed by atoms with van der Waals surface area (Å²) in [7, 11) is 2.58. The Balaban J connectivity index is 0.00000348. The van der Waals surface area contributed by atoms with Crippen LogP contribution in [-0.2, 0) is 19.1 Å². The van der Waals surface area contributed by atoms with E-state index in [9.17, 15) is 19.2 Å². The maximum atomic E-state index is 13.5. The zero-order chi connectivity index (χ0) is 38.5. The number of amides is 4. The Hall–Kier alpha value is -5.08. The summed E-state index contributed by atoms with van der Waals surface area (Å²) >= 11 is 0. The molecule has 2 aliphatic heterocycles. The molecule has 0 spiro atoms. The molecule has 302 valence electrons. The first-order chi connectivity index (χ1) is 26.0. The topological polar surface area (TPSA) is 175 Å². The van der Waals surface area contributed by atoms with Gasteiger partial charge in [-0.1, -0.05) is 76.2 Å². The van der Waals surface area contributed by atoms with E-state index >= 15 is 0 Å². The molecule has 0 aliphatic carbocycles. The van der Waals surface area contributed by atoms with Gasteiger partial charge < -0.3 is 39.9 Å². The fourth-order valence-corrected chi connectivity index (χ4v) is 7.38. The molecule has 0 radical (unpaired) electrons. The lowest BCUT2D eigenvalue weighted by Crippen LogP contribution is -2.51. The molecule has 2 fully saturated rings. The molecule has 16 heteroatoms. The predicted molar refractivity (Wildman–Crippen MR) is 217 cm³/mol. The second kappa shape index (κ2) is 19.2. The van der Waals surface area contributed by atoms with Gasteiger partial charge in [-0.25, -0.2) is 19.6 Å². The van der Waals surface area contributed by atoms with Crippen molar-refractivity contribution in [1.29, 1.82) is 0 Å². The zero-order valence-electron chi connectivity index (χ0n) is 32.5. The van der Waals surface area contributed by atoms with Crippen molar-refractivity contribution in [3.05, 3.63) is 72.6 Å². The van der Waals surface area contributed by atoms with Crippen molar-refractivity contribution in [2.45, 2.75) is 77.5 Å². The van der Waals surface area contributed by atoms with Gasteiger partial charge in [-0.05, 0) is 59.8 Å². The second-order valence-electron chi connectivity index (χ2n) is 14.6. The van der Waals surface area contributed by atoms with Crippen LogP contribution in [0, 0.1) is 11.8 Å². The van der Waals surface area contributed by atoms with Gasteiger partial charge in [0.15, 0.2) is 0 Å². The smallest absolute Gasteiger partial charge is 0.407 e. The Morgan fingerprint density at radius 3 is 1.29 bits per heavy atom. The lowest BCUT2D eigenvalue weighted by atomic mass is 10.0.